The number of nitrogens with zero attached hydrogens (tertiary/aromatic N) is 3. The van der Waals surface area contributed by atoms with Gasteiger partial charge < -0.3 is 15.5 Å². The van der Waals surface area contributed by atoms with E-state index < -0.39 is 0 Å². The molecule has 2 aliphatic rings. The van der Waals surface area contributed by atoms with Crippen LogP contribution >= 0.6 is 24.8 Å². The van der Waals surface area contributed by atoms with Crippen molar-refractivity contribution >= 4 is 36.4 Å². The van der Waals surface area contributed by atoms with Crippen molar-refractivity contribution < 1.29 is 4.79 Å². The van der Waals surface area contributed by atoms with Gasteiger partial charge in [-0.25, -0.2) is 0 Å². The van der Waals surface area contributed by atoms with Gasteiger partial charge >= 0.3 is 0 Å². The van der Waals surface area contributed by atoms with Crippen LogP contribution in [0.25, 0.3) is 0 Å². The lowest BCUT2D eigenvalue weighted by molar-refractivity contribution is 0.0584. The Bertz CT molecular complexity index is 601. The Morgan fingerprint density at radius 1 is 0.964 bits per heavy atom. The van der Waals surface area contributed by atoms with Crippen molar-refractivity contribution in [3.63, 3.8) is 0 Å². The van der Waals surface area contributed by atoms with Crippen LogP contribution in [0.1, 0.15) is 50.4 Å². The van der Waals surface area contributed by atoms with E-state index in [9.17, 15) is 4.79 Å². The summed E-state index contributed by atoms with van der Waals surface area (Å²) in [6.45, 7) is 11.6. The lowest BCUT2D eigenvalue weighted by Gasteiger charge is -2.39. The number of hydrogen-bond donors (Lipinski definition) is 1. The number of benzene rings is 1. The van der Waals surface area contributed by atoms with E-state index in [0.717, 1.165) is 57.5 Å². The average molecular weight is 431 g/mol. The van der Waals surface area contributed by atoms with Crippen LogP contribution in [0, 0.1) is 0 Å². The first kappa shape index (κ1) is 25.0. The van der Waals surface area contributed by atoms with Gasteiger partial charge in [-0.05, 0) is 64.3 Å². The maximum Gasteiger partial charge on any atom is 0.254 e. The summed E-state index contributed by atoms with van der Waals surface area (Å²) in [5.74, 6) is 0.128. The van der Waals surface area contributed by atoms with Gasteiger partial charge in [0.2, 0.25) is 0 Å². The first-order valence-electron chi connectivity index (χ1n) is 10.1. The molecule has 1 aromatic rings. The number of rotatable bonds is 4. The lowest BCUT2D eigenvalue weighted by Crippen LogP contribution is -2.51. The number of nitrogens with two attached hydrogens (primary N) is 1. The van der Waals surface area contributed by atoms with Gasteiger partial charge in [0.05, 0.1) is 0 Å². The van der Waals surface area contributed by atoms with Gasteiger partial charge in [0.25, 0.3) is 5.91 Å². The molecule has 5 nitrogen and oxygen atoms in total. The first-order valence-corrected chi connectivity index (χ1v) is 10.1. The third-order valence-corrected chi connectivity index (χ3v) is 5.94. The maximum absolute atomic E-state index is 13.0. The number of piperazine rings is 1. The Kier molecular flexibility index (Phi) is 10.1. The number of amides is 1. The number of piperidine rings is 1. The molecule has 2 heterocycles. The van der Waals surface area contributed by atoms with Crippen LogP contribution in [0.15, 0.2) is 24.3 Å². The van der Waals surface area contributed by atoms with Crippen molar-refractivity contribution in [1.29, 1.82) is 0 Å². The van der Waals surface area contributed by atoms with Crippen molar-refractivity contribution in [2.45, 2.75) is 58.2 Å². The van der Waals surface area contributed by atoms with Gasteiger partial charge in [-0.3, -0.25) is 9.69 Å². The summed E-state index contributed by atoms with van der Waals surface area (Å²) in [7, 11) is 0. The van der Waals surface area contributed by atoms with Crippen molar-refractivity contribution in [2.75, 3.05) is 37.6 Å². The predicted octanol–water partition coefficient (Wildman–Crippen LogP) is 3.40. The second kappa shape index (κ2) is 11.2. The quantitative estimate of drug-likeness (QED) is 0.794. The van der Waals surface area contributed by atoms with Gasteiger partial charge in [-0.2, -0.15) is 0 Å². The van der Waals surface area contributed by atoms with Crippen LogP contribution < -0.4 is 10.6 Å². The lowest BCUT2D eigenvalue weighted by atomic mass is 9.96. The number of carbonyl (C=O) groups is 1. The molecule has 2 saturated heterocycles. The Morgan fingerprint density at radius 3 is 2.11 bits per heavy atom. The Hall–Kier alpha value is -1.01. The van der Waals surface area contributed by atoms with Gasteiger partial charge in [0.15, 0.2) is 0 Å². The minimum Gasteiger partial charge on any atom is -0.369 e. The van der Waals surface area contributed by atoms with E-state index in [1.807, 2.05) is 24.0 Å². The minimum absolute atomic E-state index is 0. The zero-order chi connectivity index (χ0) is 18.7. The molecule has 2 atom stereocenters. The summed E-state index contributed by atoms with van der Waals surface area (Å²) in [5.41, 5.74) is 8.12. The highest BCUT2D eigenvalue weighted by molar-refractivity contribution is 5.95. The molecule has 2 fully saturated rings. The molecule has 3 rings (SSSR count). The molecular weight excluding hydrogens is 395 g/mol. The summed E-state index contributed by atoms with van der Waals surface area (Å²) < 4.78 is 0. The molecule has 0 aromatic heterocycles. The Balaban J connectivity index is 0.00000196. The monoisotopic (exact) mass is 430 g/mol. The number of carbonyl (C=O) groups excluding carboxylic acids is 1. The van der Waals surface area contributed by atoms with Crippen LogP contribution in [0.4, 0.5) is 5.69 Å². The molecule has 7 heteroatoms. The van der Waals surface area contributed by atoms with E-state index in [1.54, 1.807) is 0 Å². The zero-order valence-corrected chi connectivity index (χ0v) is 19.0. The maximum atomic E-state index is 13.0. The molecule has 160 valence electrons. The van der Waals surface area contributed by atoms with Crippen LogP contribution in [0.3, 0.4) is 0 Å². The second-order valence-electron chi connectivity index (χ2n) is 8.08. The molecule has 1 aromatic carbocycles. The summed E-state index contributed by atoms with van der Waals surface area (Å²) in [6.07, 6.45) is 3.26. The topological polar surface area (TPSA) is 52.8 Å². The van der Waals surface area contributed by atoms with Gasteiger partial charge in [-0.15, -0.1) is 24.8 Å². The number of anilines is 1. The molecule has 2 unspecified atom stereocenters. The first-order chi connectivity index (χ1) is 12.5. The normalized spacial score (nSPS) is 21.7. The Morgan fingerprint density at radius 2 is 1.57 bits per heavy atom. The number of likely N-dealkylation sites (tertiary alicyclic amines) is 1. The molecule has 0 saturated carbocycles. The Labute approximate surface area is 182 Å². The average Bonchev–Trinajstić information content (AvgIpc) is 2.67. The molecule has 0 bridgehead atoms. The molecule has 2 N–H and O–H groups in total. The molecule has 0 aliphatic carbocycles. The highest BCUT2D eigenvalue weighted by atomic mass is 35.5. The second-order valence-corrected chi connectivity index (χ2v) is 8.08. The smallest absolute Gasteiger partial charge is 0.254 e. The largest absolute Gasteiger partial charge is 0.369 e. The zero-order valence-electron chi connectivity index (χ0n) is 17.3. The summed E-state index contributed by atoms with van der Waals surface area (Å²) in [5, 5.41) is 0. The van der Waals surface area contributed by atoms with E-state index in [-0.39, 0.29) is 42.8 Å². The molecule has 28 heavy (non-hydrogen) atoms. The fraction of sp³-hybridized carbons (Fsp3) is 0.667. The van der Waals surface area contributed by atoms with E-state index in [2.05, 4.69) is 35.8 Å². The van der Waals surface area contributed by atoms with Crippen LogP contribution in [-0.2, 0) is 0 Å². The molecular formula is C21H36Cl2N4O. The van der Waals surface area contributed by atoms with Gasteiger partial charge in [-0.1, -0.05) is 0 Å². The standard InChI is InChI=1S/C21H34N4O.2ClH/c1-16(2)23-12-14-24(15-13-23)19-9-7-18(8-10-19)21(26)25-11-5-4-6-20(25)17(3)22;;/h7-10,16-17,20H,4-6,11-15,22H2,1-3H3;2*1H. The predicted molar refractivity (Wildman–Crippen MR) is 122 cm³/mol. The third kappa shape index (κ3) is 5.76. The van der Waals surface area contributed by atoms with Crippen molar-refractivity contribution in [3.05, 3.63) is 29.8 Å². The van der Waals surface area contributed by atoms with Crippen molar-refractivity contribution in [3.8, 4) is 0 Å². The number of halogens is 2. The van der Waals surface area contributed by atoms with E-state index in [0.29, 0.717) is 6.04 Å². The van der Waals surface area contributed by atoms with Gasteiger partial charge in [0, 0.05) is 62.1 Å². The summed E-state index contributed by atoms with van der Waals surface area (Å²) in [4.78, 5) is 19.9. The van der Waals surface area contributed by atoms with Crippen LogP contribution in [0.2, 0.25) is 0 Å². The van der Waals surface area contributed by atoms with E-state index >= 15 is 0 Å². The number of hydrogen-bond acceptors (Lipinski definition) is 4. The fourth-order valence-corrected chi connectivity index (χ4v) is 4.23. The highest BCUT2D eigenvalue weighted by Crippen LogP contribution is 2.23. The molecule has 2 aliphatic heterocycles. The van der Waals surface area contributed by atoms with Crippen LogP contribution in [0.5, 0.6) is 0 Å². The third-order valence-electron chi connectivity index (χ3n) is 5.94. The molecule has 1 amide bonds. The van der Waals surface area contributed by atoms with Crippen LogP contribution in [-0.4, -0.2) is 66.6 Å². The van der Waals surface area contributed by atoms with E-state index in [4.69, 9.17) is 5.73 Å². The molecule has 0 radical (unpaired) electrons. The highest BCUT2D eigenvalue weighted by Gasteiger charge is 2.30. The minimum atomic E-state index is 0. The summed E-state index contributed by atoms with van der Waals surface area (Å²) in [6, 6.07) is 8.97. The fourth-order valence-electron chi connectivity index (χ4n) is 4.23. The molecule has 0 spiro atoms. The van der Waals surface area contributed by atoms with Gasteiger partial charge in [0.1, 0.15) is 0 Å². The van der Waals surface area contributed by atoms with Crippen molar-refractivity contribution in [1.82, 2.24) is 9.80 Å². The summed E-state index contributed by atoms with van der Waals surface area (Å²) >= 11 is 0. The SMILES string of the molecule is CC(N)C1CCCCN1C(=O)c1ccc(N2CCN(C(C)C)CC2)cc1.Cl.Cl. The van der Waals surface area contributed by atoms with E-state index in [1.165, 1.54) is 5.69 Å². The van der Waals surface area contributed by atoms with Crippen molar-refractivity contribution in [2.24, 2.45) is 5.73 Å².